The summed E-state index contributed by atoms with van der Waals surface area (Å²) in [6.07, 6.45) is 11.9. The SMILES string of the molecule is CC1=C(C)C[C]([Hf+2]([C]2=CC=CC2)=[C](C)C)=C1.[Cl-].[Cl-]. The van der Waals surface area contributed by atoms with Crippen molar-refractivity contribution in [2.75, 3.05) is 0 Å². The third-order valence-electron chi connectivity index (χ3n) is 3.43. The summed E-state index contributed by atoms with van der Waals surface area (Å²) < 4.78 is 5.31. The first-order valence-corrected chi connectivity index (χ1v) is 11.4. The molecule has 0 aromatic heterocycles. The van der Waals surface area contributed by atoms with Crippen LogP contribution in [0.25, 0.3) is 0 Å². The Morgan fingerprint density at radius 3 is 2.17 bits per heavy atom. The summed E-state index contributed by atoms with van der Waals surface area (Å²) in [5.74, 6) is 0. The Hall–Kier alpha value is 0.280. The van der Waals surface area contributed by atoms with Crippen molar-refractivity contribution in [3.05, 3.63) is 42.1 Å². The first-order valence-electron chi connectivity index (χ1n) is 6.00. The predicted octanol–water partition coefficient (Wildman–Crippen LogP) is -1.71. The maximum absolute atomic E-state index is 2.49. The molecule has 0 fully saturated rings. The van der Waals surface area contributed by atoms with Crippen molar-refractivity contribution in [2.45, 2.75) is 40.5 Å². The molecule has 98 valence electrons. The van der Waals surface area contributed by atoms with Crippen LogP contribution in [0.4, 0.5) is 0 Å². The van der Waals surface area contributed by atoms with Gasteiger partial charge in [0.25, 0.3) is 0 Å². The van der Waals surface area contributed by atoms with Gasteiger partial charge in [-0.1, -0.05) is 0 Å². The van der Waals surface area contributed by atoms with Crippen molar-refractivity contribution in [3.63, 3.8) is 0 Å². The second-order valence-electron chi connectivity index (χ2n) is 5.01. The van der Waals surface area contributed by atoms with E-state index in [1.54, 1.807) is 15.5 Å². The minimum absolute atomic E-state index is 0. The zero-order chi connectivity index (χ0) is 11.7. The molecule has 0 aromatic carbocycles. The van der Waals surface area contributed by atoms with Gasteiger partial charge in [0.2, 0.25) is 0 Å². The van der Waals surface area contributed by atoms with Gasteiger partial charge in [-0.2, -0.15) is 0 Å². The standard InChI is InChI=1S/C7H9.C5H5.C3H6.2ClH.Hf/c1-6-4-3-5-7(6)2;1-2-4-5-3-1;1-3-2;;;/h4H,5H2,1-2H3;1-3H,4H2;1-2H3;2*1H;/q;;;;;+2/p-2. The number of hydrogen-bond donors (Lipinski definition) is 0. The van der Waals surface area contributed by atoms with Gasteiger partial charge in [-0.25, -0.2) is 0 Å². The van der Waals surface area contributed by atoms with E-state index in [1.165, 1.54) is 18.4 Å². The van der Waals surface area contributed by atoms with E-state index in [-0.39, 0.29) is 24.8 Å². The fraction of sp³-hybridized carbons (Fsp3) is 0.400. The van der Waals surface area contributed by atoms with Gasteiger partial charge in [-0.15, -0.1) is 0 Å². The number of hydrogen-bond acceptors (Lipinski definition) is 0. The van der Waals surface area contributed by atoms with Crippen LogP contribution in [-0.2, 0) is 21.0 Å². The molecule has 3 heteroatoms. The normalized spacial score (nSPS) is 16.4. The maximum atomic E-state index is 2.49. The van der Waals surface area contributed by atoms with E-state index in [9.17, 15) is 0 Å². The Morgan fingerprint density at radius 1 is 1.11 bits per heavy atom. The average molecular weight is 450 g/mol. The summed E-state index contributed by atoms with van der Waals surface area (Å²) in [5.41, 5.74) is 3.11. The minimum Gasteiger partial charge on any atom is -1.00 e. The molecule has 2 aliphatic carbocycles. The summed E-state index contributed by atoms with van der Waals surface area (Å²) in [7, 11) is 0. The molecule has 2 rings (SSSR count). The molecule has 2 aliphatic rings. The smallest absolute Gasteiger partial charge is 1.00 e. The Kier molecular flexibility index (Phi) is 7.89. The fourth-order valence-electron chi connectivity index (χ4n) is 2.50. The summed E-state index contributed by atoms with van der Waals surface area (Å²) in [4.78, 5) is 0. The third-order valence-corrected chi connectivity index (χ3v) is 14.1. The summed E-state index contributed by atoms with van der Waals surface area (Å²) >= 11 is -1.77. The monoisotopic (exact) mass is 450 g/mol. The zero-order valence-corrected chi connectivity index (χ0v) is 16.6. The molecule has 0 unspecified atom stereocenters. The first kappa shape index (κ1) is 18.3. The van der Waals surface area contributed by atoms with Crippen LogP contribution in [0.3, 0.4) is 0 Å². The van der Waals surface area contributed by atoms with E-state index in [0.29, 0.717) is 0 Å². The quantitative estimate of drug-likeness (QED) is 0.441. The van der Waals surface area contributed by atoms with Crippen LogP contribution in [0.2, 0.25) is 0 Å². The van der Waals surface area contributed by atoms with Gasteiger partial charge >= 0.3 is 107 Å². The molecule has 0 saturated heterocycles. The fourth-order valence-corrected chi connectivity index (χ4v) is 13.6. The second kappa shape index (κ2) is 7.77. The van der Waals surface area contributed by atoms with Crippen molar-refractivity contribution in [3.8, 4) is 0 Å². The molecule has 0 radical (unpaired) electrons. The first-order chi connectivity index (χ1) is 7.59. The van der Waals surface area contributed by atoms with Crippen molar-refractivity contribution in [2.24, 2.45) is 0 Å². The van der Waals surface area contributed by atoms with Gasteiger partial charge in [-0.3, -0.25) is 0 Å². The Morgan fingerprint density at radius 2 is 1.78 bits per heavy atom. The van der Waals surface area contributed by atoms with Crippen LogP contribution in [-0.4, -0.2) is 3.26 Å². The second-order valence-corrected chi connectivity index (χ2v) is 15.9. The van der Waals surface area contributed by atoms with Gasteiger partial charge in [0.15, 0.2) is 0 Å². The molecule has 0 atom stereocenters. The van der Waals surface area contributed by atoms with Gasteiger partial charge in [0.1, 0.15) is 0 Å². The molecule has 0 spiro atoms. The molecular weight excluding hydrogens is 430 g/mol. The van der Waals surface area contributed by atoms with Gasteiger partial charge in [-0.05, 0) is 0 Å². The zero-order valence-electron chi connectivity index (χ0n) is 11.5. The van der Waals surface area contributed by atoms with Crippen LogP contribution in [0.5, 0.6) is 0 Å². The van der Waals surface area contributed by atoms with E-state index < -0.39 is 21.0 Å². The van der Waals surface area contributed by atoms with Crippen LogP contribution < -0.4 is 24.8 Å². The Labute approximate surface area is 131 Å². The van der Waals surface area contributed by atoms with E-state index in [4.69, 9.17) is 0 Å². The predicted molar refractivity (Wildman–Crippen MR) is 69.3 cm³/mol. The van der Waals surface area contributed by atoms with E-state index in [1.807, 2.05) is 0 Å². The van der Waals surface area contributed by atoms with Crippen LogP contribution in [0, 0.1) is 0 Å². The third kappa shape index (κ3) is 3.88. The Bertz CT molecular complexity index is 473. The topological polar surface area (TPSA) is 0 Å². The van der Waals surface area contributed by atoms with E-state index in [2.05, 4.69) is 52.0 Å². The van der Waals surface area contributed by atoms with E-state index in [0.717, 1.165) is 0 Å². The molecule has 0 amide bonds. The van der Waals surface area contributed by atoms with Crippen LogP contribution >= 0.6 is 0 Å². The largest absolute Gasteiger partial charge is 1.00 e. The molecule has 0 saturated carbocycles. The number of rotatable bonds is 2. The van der Waals surface area contributed by atoms with Crippen molar-refractivity contribution in [1.82, 2.24) is 0 Å². The molecule has 0 aliphatic heterocycles. The number of allylic oxidation sites excluding steroid dienone is 8. The minimum atomic E-state index is -1.77. The van der Waals surface area contributed by atoms with Crippen molar-refractivity contribution >= 4 is 3.26 Å². The summed E-state index contributed by atoms with van der Waals surface area (Å²) in [6.45, 7) is 9.25. The molecular formula is C15H20Cl2Hf. The maximum Gasteiger partial charge on any atom is -1.00 e. The van der Waals surface area contributed by atoms with Crippen LogP contribution in [0.15, 0.2) is 42.1 Å². The molecule has 0 N–H and O–H groups in total. The molecule has 18 heavy (non-hydrogen) atoms. The van der Waals surface area contributed by atoms with Gasteiger partial charge < -0.3 is 24.8 Å². The molecule has 0 aromatic rings. The molecule has 0 bridgehead atoms. The molecule has 0 heterocycles. The summed E-state index contributed by atoms with van der Waals surface area (Å²) in [6, 6.07) is 0. The van der Waals surface area contributed by atoms with Crippen molar-refractivity contribution in [1.29, 1.82) is 0 Å². The number of halogens is 2. The van der Waals surface area contributed by atoms with E-state index >= 15 is 0 Å². The average Bonchev–Trinajstić information content (AvgIpc) is 2.79. The van der Waals surface area contributed by atoms with Crippen LogP contribution in [0.1, 0.15) is 40.5 Å². The van der Waals surface area contributed by atoms with Crippen molar-refractivity contribution < 1.29 is 45.8 Å². The Balaban J connectivity index is 0.00000144. The van der Waals surface area contributed by atoms with Gasteiger partial charge in [0, 0.05) is 0 Å². The van der Waals surface area contributed by atoms with Gasteiger partial charge in [0.05, 0.1) is 0 Å². The molecule has 0 nitrogen and oxygen atoms in total. The summed E-state index contributed by atoms with van der Waals surface area (Å²) in [5, 5.41) is 0.